The van der Waals surface area contributed by atoms with Crippen molar-refractivity contribution >= 4 is 12.0 Å². The monoisotopic (exact) mass is 382 g/mol. The Kier molecular flexibility index (Phi) is 4.63. The summed E-state index contributed by atoms with van der Waals surface area (Å²) in [5.41, 5.74) is 1.28. The summed E-state index contributed by atoms with van der Waals surface area (Å²) >= 11 is 0. The molecule has 0 heterocycles. The molecule has 3 aliphatic rings. The highest BCUT2D eigenvalue weighted by atomic mass is 16.6. The lowest BCUT2D eigenvalue weighted by Gasteiger charge is -2.46. The molecule has 3 aliphatic carbocycles. The fourth-order valence-electron chi connectivity index (χ4n) is 7.15. The molecule has 0 aliphatic heterocycles. The van der Waals surface area contributed by atoms with Gasteiger partial charge in [-0.3, -0.25) is 0 Å². The van der Waals surface area contributed by atoms with Gasteiger partial charge in [-0.05, 0) is 85.5 Å². The molecule has 1 aromatic carbocycles. The van der Waals surface area contributed by atoms with E-state index < -0.39 is 0 Å². The second-order valence-electron chi connectivity index (χ2n) is 10.2. The average Bonchev–Trinajstić information content (AvgIpc) is 3.09. The Morgan fingerprint density at radius 3 is 2.68 bits per heavy atom. The highest BCUT2D eigenvalue weighted by Crippen LogP contribution is 2.73. The Hall–Kier alpha value is -1.77. The summed E-state index contributed by atoms with van der Waals surface area (Å²) < 4.78 is 11.4. The van der Waals surface area contributed by atoms with E-state index >= 15 is 0 Å². The number of fused-ring (bicyclic) bond motifs is 1. The molecule has 3 nitrogen and oxygen atoms in total. The summed E-state index contributed by atoms with van der Waals surface area (Å²) in [7, 11) is 1.65. The normalized spacial score (nSPS) is 38.4. The molecule has 1 aromatic rings. The molecule has 152 valence electrons. The standard InChI is InChI=1S/C25H34O3/c1-17-9-11-20-23(2,3)21-16-25(17,20)14-13-24(21,4)28-22(26)12-10-18-7-6-8-19(15-18)27-5/h6-8,10,12,15,17,20-21H,9,11,13-14,16H2,1-5H3/b12-10+. The lowest BCUT2D eigenvalue weighted by Crippen LogP contribution is -2.47. The van der Waals surface area contributed by atoms with Gasteiger partial charge in [0.25, 0.3) is 0 Å². The third kappa shape index (κ3) is 2.89. The van der Waals surface area contributed by atoms with Crippen molar-refractivity contribution in [2.75, 3.05) is 7.11 Å². The first-order chi connectivity index (χ1) is 13.2. The topological polar surface area (TPSA) is 35.5 Å². The van der Waals surface area contributed by atoms with Crippen molar-refractivity contribution in [3.8, 4) is 5.75 Å². The Balaban J connectivity index is 1.50. The summed E-state index contributed by atoms with van der Waals surface area (Å²) in [6, 6.07) is 7.70. The molecule has 3 fully saturated rings. The number of carbonyl (C=O) groups is 1. The number of esters is 1. The largest absolute Gasteiger partial charge is 0.497 e. The van der Waals surface area contributed by atoms with Gasteiger partial charge in [0, 0.05) is 12.0 Å². The Labute approximate surface area is 169 Å². The van der Waals surface area contributed by atoms with E-state index in [9.17, 15) is 4.79 Å². The van der Waals surface area contributed by atoms with E-state index in [4.69, 9.17) is 9.47 Å². The minimum Gasteiger partial charge on any atom is -0.497 e. The van der Waals surface area contributed by atoms with Crippen LogP contribution >= 0.6 is 0 Å². The van der Waals surface area contributed by atoms with Crippen LogP contribution in [0.3, 0.4) is 0 Å². The molecule has 0 N–H and O–H groups in total. The maximum Gasteiger partial charge on any atom is 0.331 e. The minimum absolute atomic E-state index is 0.229. The maximum atomic E-state index is 12.7. The number of methoxy groups -OCH3 is 1. The third-order valence-electron chi connectivity index (χ3n) is 8.61. The van der Waals surface area contributed by atoms with Gasteiger partial charge < -0.3 is 9.47 Å². The summed E-state index contributed by atoms with van der Waals surface area (Å²) in [6.07, 6.45) is 9.48. The van der Waals surface area contributed by atoms with Crippen LogP contribution in [0.1, 0.15) is 65.4 Å². The van der Waals surface area contributed by atoms with E-state index in [-0.39, 0.29) is 17.0 Å². The molecule has 0 radical (unpaired) electrons. The van der Waals surface area contributed by atoms with Gasteiger partial charge in [0.05, 0.1) is 7.11 Å². The van der Waals surface area contributed by atoms with Crippen LogP contribution in [-0.4, -0.2) is 18.7 Å². The van der Waals surface area contributed by atoms with E-state index in [2.05, 4.69) is 27.7 Å². The van der Waals surface area contributed by atoms with Crippen LogP contribution in [0, 0.1) is 28.6 Å². The van der Waals surface area contributed by atoms with E-state index in [0.29, 0.717) is 11.3 Å². The van der Waals surface area contributed by atoms with Crippen molar-refractivity contribution in [1.29, 1.82) is 0 Å². The summed E-state index contributed by atoms with van der Waals surface area (Å²) in [4.78, 5) is 12.7. The predicted octanol–water partition coefficient (Wildman–Crippen LogP) is 5.88. The second-order valence-corrected chi connectivity index (χ2v) is 10.2. The molecule has 0 saturated heterocycles. The smallest absolute Gasteiger partial charge is 0.331 e. The van der Waals surface area contributed by atoms with E-state index in [1.165, 1.54) is 25.7 Å². The Morgan fingerprint density at radius 1 is 1.14 bits per heavy atom. The molecule has 4 rings (SSSR count). The van der Waals surface area contributed by atoms with Crippen molar-refractivity contribution in [1.82, 2.24) is 0 Å². The first kappa shape index (κ1) is 19.5. The molecule has 3 saturated carbocycles. The molecule has 28 heavy (non-hydrogen) atoms. The van der Waals surface area contributed by atoms with Crippen molar-refractivity contribution < 1.29 is 14.3 Å². The van der Waals surface area contributed by atoms with Gasteiger partial charge in [0.15, 0.2) is 0 Å². The lowest BCUT2D eigenvalue weighted by molar-refractivity contribution is -0.167. The van der Waals surface area contributed by atoms with Gasteiger partial charge in [-0.25, -0.2) is 4.79 Å². The zero-order valence-corrected chi connectivity index (χ0v) is 18.0. The molecule has 5 atom stereocenters. The molecule has 5 unspecified atom stereocenters. The SMILES string of the molecule is COc1cccc(/C=C/C(=O)OC2(C)CCC34CC2C(C)(C)C3CCC4C)c1. The number of ether oxygens (including phenoxy) is 2. The fourth-order valence-corrected chi connectivity index (χ4v) is 7.15. The highest BCUT2D eigenvalue weighted by Gasteiger charge is 2.68. The maximum absolute atomic E-state index is 12.7. The van der Waals surface area contributed by atoms with Crippen LogP contribution in [0.25, 0.3) is 6.08 Å². The van der Waals surface area contributed by atoms with Crippen molar-refractivity contribution in [3.05, 3.63) is 35.9 Å². The molecule has 1 spiro atoms. The van der Waals surface area contributed by atoms with Crippen LogP contribution in [0.2, 0.25) is 0 Å². The molecular weight excluding hydrogens is 348 g/mol. The molecule has 0 aromatic heterocycles. The molecule has 0 amide bonds. The fraction of sp³-hybridized carbons (Fsp3) is 0.640. The molecule has 3 heteroatoms. The van der Waals surface area contributed by atoms with E-state index in [1.807, 2.05) is 30.3 Å². The van der Waals surface area contributed by atoms with Gasteiger partial charge in [0.1, 0.15) is 11.4 Å². The van der Waals surface area contributed by atoms with Crippen LogP contribution < -0.4 is 4.74 Å². The summed E-state index contributed by atoms with van der Waals surface area (Å²) in [5, 5.41) is 0. The van der Waals surface area contributed by atoms with Crippen LogP contribution in [-0.2, 0) is 9.53 Å². The van der Waals surface area contributed by atoms with Gasteiger partial charge in [-0.15, -0.1) is 0 Å². The van der Waals surface area contributed by atoms with Gasteiger partial charge >= 0.3 is 5.97 Å². The third-order valence-corrected chi connectivity index (χ3v) is 8.61. The van der Waals surface area contributed by atoms with E-state index in [1.54, 1.807) is 13.2 Å². The van der Waals surface area contributed by atoms with Crippen molar-refractivity contribution in [3.63, 3.8) is 0 Å². The van der Waals surface area contributed by atoms with Crippen LogP contribution in [0.15, 0.2) is 30.3 Å². The van der Waals surface area contributed by atoms with Crippen LogP contribution in [0.5, 0.6) is 5.75 Å². The quantitative estimate of drug-likeness (QED) is 0.482. The number of hydrogen-bond donors (Lipinski definition) is 0. The van der Waals surface area contributed by atoms with Crippen LogP contribution in [0.4, 0.5) is 0 Å². The highest BCUT2D eigenvalue weighted by molar-refractivity contribution is 5.87. The minimum atomic E-state index is -0.366. The Bertz CT molecular complexity index is 795. The second kappa shape index (κ2) is 6.64. The van der Waals surface area contributed by atoms with E-state index in [0.717, 1.165) is 29.6 Å². The lowest BCUT2D eigenvalue weighted by atomic mass is 9.64. The zero-order chi connectivity index (χ0) is 20.2. The zero-order valence-electron chi connectivity index (χ0n) is 18.0. The molecular formula is C25H34O3. The van der Waals surface area contributed by atoms with Gasteiger partial charge in [-0.2, -0.15) is 0 Å². The number of benzene rings is 1. The number of carbonyl (C=O) groups excluding carboxylic acids is 1. The Morgan fingerprint density at radius 2 is 1.93 bits per heavy atom. The number of rotatable bonds is 4. The summed E-state index contributed by atoms with van der Waals surface area (Å²) in [6.45, 7) is 9.47. The first-order valence-corrected chi connectivity index (χ1v) is 10.8. The van der Waals surface area contributed by atoms with Gasteiger partial charge in [-0.1, -0.05) is 32.9 Å². The van der Waals surface area contributed by atoms with Gasteiger partial charge in [0.2, 0.25) is 0 Å². The average molecular weight is 383 g/mol. The number of hydrogen-bond acceptors (Lipinski definition) is 3. The summed E-state index contributed by atoms with van der Waals surface area (Å²) in [5.74, 6) is 2.56. The molecule has 2 bridgehead atoms. The predicted molar refractivity (Wildman–Crippen MR) is 112 cm³/mol. The van der Waals surface area contributed by atoms with Crippen molar-refractivity contribution in [2.24, 2.45) is 28.6 Å². The van der Waals surface area contributed by atoms with Crippen molar-refractivity contribution in [2.45, 2.75) is 65.4 Å². The first-order valence-electron chi connectivity index (χ1n) is 10.8.